The molecule has 142 valence electrons. The minimum Gasteiger partial charge on any atom is -0.484 e. The predicted octanol–water partition coefficient (Wildman–Crippen LogP) is 3.03. The molecular formula is C20H22ClN3O3. The molecule has 2 amide bonds. The Morgan fingerprint density at radius 3 is 2.44 bits per heavy atom. The monoisotopic (exact) mass is 387 g/mol. The van der Waals surface area contributed by atoms with Crippen molar-refractivity contribution >= 4 is 34.8 Å². The van der Waals surface area contributed by atoms with E-state index in [-0.39, 0.29) is 18.4 Å². The number of piperazine rings is 1. The van der Waals surface area contributed by atoms with Crippen LogP contribution >= 0.6 is 11.6 Å². The molecule has 6 nitrogen and oxygen atoms in total. The van der Waals surface area contributed by atoms with Crippen LogP contribution in [0, 0.1) is 0 Å². The summed E-state index contributed by atoms with van der Waals surface area (Å²) in [6.45, 7) is 4.48. The van der Waals surface area contributed by atoms with Crippen LogP contribution in [0.25, 0.3) is 0 Å². The Balaban J connectivity index is 1.53. The van der Waals surface area contributed by atoms with Gasteiger partial charge in [-0.25, -0.2) is 0 Å². The van der Waals surface area contributed by atoms with E-state index in [2.05, 4.69) is 10.2 Å². The number of nitrogens with zero attached hydrogens (tertiary/aromatic N) is 2. The zero-order valence-corrected chi connectivity index (χ0v) is 15.9. The van der Waals surface area contributed by atoms with Crippen LogP contribution in [0.3, 0.4) is 0 Å². The molecule has 2 aromatic carbocycles. The number of hydrogen-bond donors (Lipinski definition) is 1. The van der Waals surface area contributed by atoms with Gasteiger partial charge in [0.1, 0.15) is 5.75 Å². The lowest BCUT2D eigenvalue weighted by atomic mass is 10.2. The Kier molecular flexibility index (Phi) is 6.19. The molecule has 0 aliphatic carbocycles. The fourth-order valence-electron chi connectivity index (χ4n) is 2.94. The van der Waals surface area contributed by atoms with Crippen molar-refractivity contribution in [2.75, 3.05) is 43.0 Å². The summed E-state index contributed by atoms with van der Waals surface area (Å²) in [5.74, 6) is 0.464. The van der Waals surface area contributed by atoms with Gasteiger partial charge in [-0.1, -0.05) is 17.7 Å². The highest BCUT2D eigenvalue weighted by atomic mass is 35.5. The van der Waals surface area contributed by atoms with Gasteiger partial charge in [-0.05, 0) is 42.5 Å². The zero-order valence-electron chi connectivity index (χ0n) is 15.2. The quantitative estimate of drug-likeness (QED) is 0.856. The van der Waals surface area contributed by atoms with Crippen LogP contribution in [0.1, 0.15) is 6.92 Å². The number of anilines is 2. The topological polar surface area (TPSA) is 61.9 Å². The maximum Gasteiger partial charge on any atom is 0.262 e. The summed E-state index contributed by atoms with van der Waals surface area (Å²) in [4.78, 5) is 27.6. The molecule has 1 fully saturated rings. The van der Waals surface area contributed by atoms with E-state index in [4.69, 9.17) is 16.3 Å². The first-order valence-electron chi connectivity index (χ1n) is 8.80. The van der Waals surface area contributed by atoms with Gasteiger partial charge >= 0.3 is 0 Å². The van der Waals surface area contributed by atoms with Crippen molar-refractivity contribution < 1.29 is 14.3 Å². The van der Waals surface area contributed by atoms with Crippen LogP contribution in [0.15, 0.2) is 48.5 Å². The van der Waals surface area contributed by atoms with E-state index in [0.29, 0.717) is 29.5 Å². The van der Waals surface area contributed by atoms with Gasteiger partial charge in [0.25, 0.3) is 5.91 Å². The van der Waals surface area contributed by atoms with E-state index in [9.17, 15) is 9.59 Å². The Morgan fingerprint density at radius 2 is 1.78 bits per heavy atom. The van der Waals surface area contributed by atoms with E-state index in [0.717, 1.165) is 18.8 Å². The molecule has 27 heavy (non-hydrogen) atoms. The van der Waals surface area contributed by atoms with E-state index in [1.165, 1.54) is 0 Å². The average Bonchev–Trinajstić information content (AvgIpc) is 2.68. The lowest BCUT2D eigenvalue weighted by Crippen LogP contribution is -2.48. The average molecular weight is 388 g/mol. The summed E-state index contributed by atoms with van der Waals surface area (Å²) in [7, 11) is 0. The first-order valence-corrected chi connectivity index (χ1v) is 9.18. The summed E-state index contributed by atoms with van der Waals surface area (Å²) < 4.78 is 5.46. The molecule has 0 spiro atoms. The normalized spacial score (nSPS) is 14.0. The van der Waals surface area contributed by atoms with Crippen LogP contribution in [-0.2, 0) is 9.59 Å². The second-order valence-corrected chi connectivity index (χ2v) is 6.77. The van der Waals surface area contributed by atoms with Crippen molar-refractivity contribution in [3.63, 3.8) is 0 Å². The Hall–Kier alpha value is -2.73. The van der Waals surface area contributed by atoms with Gasteiger partial charge < -0.3 is 19.9 Å². The molecule has 0 radical (unpaired) electrons. The standard InChI is InChI=1S/C20H22ClN3O3/c1-15(25)23-9-11-24(12-10-23)18-4-2-3-17(13-18)22-20(26)14-27-19-7-5-16(21)6-8-19/h2-8,13H,9-12,14H2,1H3,(H,22,26). The second-order valence-electron chi connectivity index (χ2n) is 6.33. The Morgan fingerprint density at radius 1 is 1.07 bits per heavy atom. The summed E-state index contributed by atoms with van der Waals surface area (Å²) >= 11 is 5.83. The van der Waals surface area contributed by atoms with Gasteiger partial charge in [0, 0.05) is 49.5 Å². The van der Waals surface area contributed by atoms with Crippen LogP contribution in [0.5, 0.6) is 5.75 Å². The molecule has 3 rings (SSSR count). The van der Waals surface area contributed by atoms with Gasteiger partial charge in [0.2, 0.25) is 5.91 Å². The maximum atomic E-state index is 12.1. The summed E-state index contributed by atoms with van der Waals surface area (Å²) in [5, 5.41) is 3.47. The molecule has 1 heterocycles. The molecule has 1 saturated heterocycles. The lowest BCUT2D eigenvalue weighted by Gasteiger charge is -2.35. The molecule has 0 saturated carbocycles. The van der Waals surface area contributed by atoms with Gasteiger partial charge in [-0.3, -0.25) is 9.59 Å². The largest absolute Gasteiger partial charge is 0.484 e. The number of carbonyl (C=O) groups excluding carboxylic acids is 2. The molecule has 1 N–H and O–H groups in total. The van der Waals surface area contributed by atoms with Crippen LogP contribution in [0.4, 0.5) is 11.4 Å². The van der Waals surface area contributed by atoms with Crippen LogP contribution in [-0.4, -0.2) is 49.5 Å². The molecule has 2 aromatic rings. The highest BCUT2D eigenvalue weighted by Gasteiger charge is 2.19. The number of halogens is 1. The van der Waals surface area contributed by atoms with Crippen LogP contribution < -0.4 is 15.0 Å². The van der Waals surface area contributed by atoms with E-state index < -0.39 is 0 Å². The van der Waals surface area contributed by atoms with Crippen LogP contribution in [0.2, 0.25) is 5.02 Å². The summed E-state index contributed by atoms with van der Waals surface area (Å²) in [6, 6.07) is 14.5. The molecule has 1 aliphatic rings. The lowest BCUT2D eigenvalue weighted by molar-refractivity contribution is -0.129. The summed E-state index contributed by atoms with van der Waals surface area (Å²) in [5.41, 5.74) is 1.74. The fourth-order valence-corrected chi connectivity index (χ4v) is 3.06. The molecule has 0 bridgehead atoms. The van der Waals surface area contributed by atoms with Crippen molar-refractivity contribution in [1.29, 1.82) is 0 Å². The number of hydrogen-bond acceptors (Lipinski definition) is 4. The SMILES string of the molecule is CC(=O)N1CCN(c2cccc(NC(=O)COc3ccc(Cl)cc3)c2)CC1. The van der Waals surface area contributed by atoms with E-state index in [1.807, 2.05) is 29.2 Å². The number of rotatable bonds is 5. The zero-order chi connectivity index (χ0) is 19.2. The maximum absolute atomic E-state index is 12.1. The van der Waals surface area contributed by atoms with Crippen molar-refractivity contribution in [2.24, 2.45) is 0 Å². The molecule has 0 aromatic heterocycles. The number of amides is 2. The van der Waals surface area contributed by atoms with E-state index >= 15 is 0 Å². The van der Waals surface area contributed by atoms with Crippen molar-refractivity contribution in [3.8, 4) is 5.75 Å². The van der Waals surface area contributed by atoms with Crippen molar-refractivity contribution in [3.05, 3.63) is 53.6 Å². The minimum atomic E-state index is -0.233. The molecule has 0 unspecified atom stereocenters. The fraction of sp³-hybridized carbons (Fsp3) is 0.300. The van der Waals surface area contributed by atoms with Crippen molar-refractivity contribution in [2.45, 2.75) is 6.92 Å². The first kappa shape index (κ1) is 19.0. The predicted molar refractivity (Wildman–Crippen MR) is 106 cm³/mol. The molecule has 7 heteroatoms. The Labute approximate surface area is 163 Å². The highest BCUT2D eigenvalue weighted by Crippen LogP contribution is 2.21. The number of ether oxygens (including phenoxy) is 1. The molecule has 0 atom stereocenters. The van der Waals surface area contributed by atoms with Gasteiger partial charge in [0.15, 0.2) is 6.61 Å². The smallest absolute Gasteiger partial charge is 0.262 e. The minimum absolute atomic E-state index is 0.0802. The van der Waals surface area contributed by atoms with Gasteiger partial charge in [-0.15, -0.1) is 0 Å². The van der Waals surface area contributed by atoms with Crippen molar-refractivity contribution in [1.82, 2.24) is 4.90 Å². The molecule has 1 aliphatic heterocycles. The first-order chi connectivity index (χ1) is 13.0. The number of benzene rings is 2. The van der Waals surface area contributed by atoms with E-state index in [1.54, 1.807) is 31.2 Å². The van der Waals surface area contributed by atoms with Gasteiger partial charge in [-0.2, -0.15) is 0 Å². The molecular weight excluding hydrogens is 366 g/mol. The number of carbonyl (C=O) groups is 2. The second kappa shape index (κ2) is 8.77. The summed E-state index contributed by atoms with van der Waals surface area (Å²) in [6.07, 6.45) is 0. The highest BCUT2D eigenvalue weighted by molar-refractivity contribution is 6.30. The third-order valence-corrected chi connectivity index (χ3v) is 4.66. The van der Waals surface area contributed by atoms with Gasteiger partial charge in [0.05, 0.1) is 0 Å². The Bertz CT molecular complexity index is 802. The third-order valence-electron chi connectivity index (χ3n) is 4.40. The number of nitrogens with one attached hydrogen (secondary N) is 1. The third kappa shape index (κ3) is 5.37.